The molecule has 0 radical (unpaired) electrons. The lowest BCUT2D eigenvalue weighted by Gasteiger charge is -2.09. The van der Waals surface area contributed by atoms with E-state index in [-0.39, 0.29) is 11.8 Å². The standard InChI is InChI=1S/C21H26N2O2/c1-14-6-8-18(12-16(14)3)20(24)22-10-5-11-23-21(25)19-9-7-15(2)17(4)13-19/h6-9,12-13H,5,10-11H2,1-4H3,(H,22,24)(H,23,25). The van der Waals surface area contributed by atoms with E-state index >= 15 is 0 Å². The summed E-state index contributed by atoms with van der Waals surface area (Å²) < 4.78 is 0. The summed E-state index contributed by atoms with van der Waals surface area (Å²) in [6.07, 6.45) is 0.688. The van der Waals surface area contributed by atoms with Gasteiger partial charge in [-0.25, -0.2) is 0 Å². The molecule has 0 bridgehead atoms. The Hall–Kier alpha value is -2.62. The van der Waals surface area contributed by atoms with Gasteiger partial charge in [0.15, 0.2) is 0 Å². The number of aryl methyl sites for hydroxylation is 4. The molecular weight excluding hydrogens is 312 g/mol. The first kappa shape index (κ1) is 18.7. The average molecular weight is 338 g/mol. The van der Waals surface area contributed by atoms with Crippen molar-refractivity contribution >= 4 is 11.8 Å². The third-order valence-corrected chi connectivity index (χ3v) is 4.46. The maximum atomic E-state index is 12.1. The number of carbonyl (C=O) groups excluding carboxylic acids is 2. The van der Waals surface area contributed by atoms with Gasteiger partial charge in [0.25, 0.3) is 11.8 Å². The first-order valence-corrected chi connectivity index (χ1v) is 8.59. The van der Waals surface area contributed by atoms with Crippen molar-refractivity contribution in [2.45, 2.75) is 34.1 Å². The van der Waals surface area contributed by atoms with Crippen LogP contribution < -0.4 is 10.6 Å². The van der Waals surface area contributed by atoms with Gasteiger partial charge in [-0.3, -0.25) is 9.59 Å². The van der Waals surface area contributed by atoms with E-state index in [0.29, 0.717) is 30.6 Å². The Kier molecular flexibility index (Phi) is 6.34. The SMILES string of the molecule is Cc1ccc(C(=O)NCCCNC(=O)c2ccc(C)c(C)c2)cc1C. The summed E-state index contributed by atoms with van der Waals surface area (Å²) in [7, 11) is 0. The van der Waals surface area contributed by atoms with E-state index in [2.05, 4.69) is 10.6 Å². The van der Waals surface area contributed by atoms with Gasteiger partial charge in [0.1, 0.15) is 0 Å². The molecule has 0 aliphatic rings. The second kappa shape index (κ2) is 8.47. The number of hydrogen-bond donors (Lipinski definition) is 2. The predicted octanol–water partition coefficient (Wildman–Crippen LogP) is 3.47. The molecule has 2 N–H and O–H groups in total. The summed E-state index contributed by atoms with van der Waals surface area (Å²) in [5.41, 5.74) is 5.89. The molecule has 2 aromatic rings. The number of nitrogens with one attached hydrogen (secondary N) is 2. The Morgan fingerprint density at radius 3 is 1.44 bits per heavy atom. The highest BCUT2D eigenvalue weighted by molar-refractivity contribution is 5.95. The Bertz CT molecular complexity index is 716. The van der Waals surface area contributed by atoms with E-state index in [0.717, 1.165) is 11.1 Å². The van der Waals surface area contributed by atoms with Crippen LogP contribution >= 0.6 is 0 Å². The van der Waals surface area contributed by atoms with E-state index in [9.17, 15) is 9.59 Å². The lowest BCUT2D eigenvalue weighted by atomic mass is 10.1. The normalized spacial score (nSPS) is 10.4. The summed E-state index contributed by atoms with van der Waals surface area (Å²) in [6, 6.07) is 11.4. The van der Waals surface area contributed by atoms with Gasteiger partial charge >= 0.3 is 0 Å². The van der Waals surface area contributed by atoms with E-state index in [1.165, 1.54) is 11.1 Å². The van der Waals surface area contributed by atoms with Gasteiger partial charge in [-0.1, -0.05) is 12.1 Å². The topological polar surface area (TPSA) is 58.2 Å². The molecule has 0 fully saturated rings. The molecule has 132 valence electrons. The van der Waals surface area contributed by atoms with Gasteiger partial charge in [0.2, 0.25) is 0 Å². The fourth-order valence-electron chi connectivity index (χ4n) is 2.46. The molecule has 0 spiro atoms. The van der Waals surface area contributed by atoms with Crippen LogP contribution in [0.5, 0.6) is 0 Å². The fourth-order valence-corrected chi connectivity index (χ4v) is 2.46. The van der Waals surface area contributed by atoms with Crippen LogP contribution in [0, 0.1) is 27.7 Å². The number of carbonyl (C=O) groups is 2. The largest absolute Gasteiger partial charge is 0.352 e. The molecule has 0 unspecified atom stereocenters. The summed E-state index contributed by atoms with van der Waals surface area (Å²) >= 11 is 0. The Balaban J connectivity index is 1.73. The molecule has 4 heteroatoms. The van der Waals surface area contributed by atoms with Crippen LogP contribution in [-0.4, -0.2) is 24.9 Å². The molecule has 0 atom stereocenters. The second-order valence-corrected chi connectivity index (χ2v) is 6.46. The summed E-state index contributed by atoms with van der Waals surface area (Å²) in [5, 5.41) is 5.77. The van der Waals surface area contributed by atoms with Crippen molar-refractivity contribution < 1.29 is 9.59 Å². The van der Waals surface area contributed by atoms with Crippen molar-refractivity contribution in [3.63, 3.8) is 0 Å². The molecule has 0 aromatic heterocycles. The van der Waals surface area contributed by atoms with Crippen molar-refractivity contribution in [1.82, 2.24) is 10.6 Å². The zero-order valence-corrected chi connectivity index (χ0v) is 15.4. The average Bonchev–Trinajstić information content (AvgIpc) is 2.59. The third kappa shape index (κ3) is 5.18. The third-order valence-electron chi connectivity index (χ3n) is 4.46. The Labute approximate surface area is 149 Å². The molecule has 2 rings (SSSR count). The highest BCUT2D eigenvalue weighted by Gasteiger charge is 2.07. The molecule has 2 amide bonds. The van der Waals surface area contributed by atoms with Crippen molar-refractivity contribution in [3.05, 3.63) is 69.8 Å². The minimum atomic E-state index is -0.0800. The number of amides is 2. The van der Waals surface area contributed by atoms with Gasteiger partial charge in [-0.15, -0.1) is 0 Å². The maximum Gasteiger partial charge on any atom is 0.251 e. The molecule has 0 heterocycles. The molecular formula is C21H26N2O2. The van der Waals surface area contributed by atoms with E-state index in [1.807, 2.05) is 64.1 Å². The zero-order valence-electron chi connectivity index (χ0n) is 15.4. The van der Waals surface area contributed by atoms with Crippen LogP contribution in [0.4, 0.5) is 0 Å². The van der Waals surface area contributed by atoms with Gasteiger partial charge in [-0.05, 0) is 80.6 Å². The molecule has 0 aliphatic heterocycles. The Morgan fingerprint density at radius 1 is 0.680 bits per heavy atom. The van der Waals surface area contributed by atoms with Crippen molar-refractivity contribution in [2.75, 3.05) is 13.1 Å². The van der Waals surface area contributed by atoms with E-state index in [4.69, 9.17) is 0 Å². The molecule has 0 aliphatic carbocycles. The first-order chi connectivity index (χ1) is 11.9. The van der Waals surface area contributed by atoms with Crippen LogP contribution in [0.1, 0.15) is 49.4 Å². The van der Waals surface area contributed by atoms with Crippen molar-refractivity contribution in [2.24, 2.45) is 0 Å². The van der Waals surface area contributed by atoms with Gasteiger partial charge < -0.3 is 10.6 Å². The van der Waals surface area contributed by atoms with Crippen molar-refractivity contribution in [1.29, 1.82) is 0 Å². The quantitative estimate of drug-likeness (QED) is 0.792. The molecule has 0 saturated heterocycles. The van der Waals surface area contributed by atoms with Gasteiger partial charge in [0.05, 0.1) is 0 Å². The lowest BCUT2D eigenvalue weighted by molar-refractivity contribution is 0.0951. The van der Waals surface area contributed by atoms with Crippen LogP contribution in [-0.2, 0) is 0 Å². The minimum absolute atomic E-state index is 0.0800. The van der Waals surface area contributed by atoms with E-state index < -0.39 is 0 Å². The van der Waals surface area contributed by atoms with Crippen LogP contribution in [0.15, 0.2) is 36.4 Å². The smallest absolute Gasteiger partial charge is 0.251 e. The lowest BCUT2D eigenvalue weighted by Crippen LogP contribution is -2.30. The molecule has 2 aromatic carbocycles. The highest BCUT2D eigenvalue weighted by Crippen LogP contribution is 2.10. The van der Waals surface area contributed by atoms with Crippen LogP contribution in [0.2, 0.25) is 0 Å². The van der Waals surface area contributed by atoms with E-state index in [1.54, 1.807) is 0 Å². The number of hydrogen-bond acceptors (Lipinski definition) is 2. The maximum absolute atomic E-state index is 12.1. The number of benzene rings is 2. The monoisotopic (exact) mass is 338 g/mol. The molecule has 4 nitrogen and oxygen atoms in total. The Morgan fingerprint density at radius 2 is 1.08 bits per heavy atom. The predicted molar refractivity (Wildman–Crippen MR) is 101 cm³/mol. The summed E-state index contributed by atoms with van der Waals surface area (Å²) in [6.45, 7) is 9.09. The first-order valence-electron chi connectivity index (χ1n) is 8.59. The van der Waals surface area contributed by atoms with Gasteiger partial charge in [-0.2, -0.15) is 0 Å². The van der Waals surface area contributed by atoms with Crippen LogP contribution in [0.3, 0.4) is 0 Å². The molecule has 25 heavy (non-hydrogen) atoms. The highest BCUT2D eigenvalue weighted by atomic mass is 16.2. The van der Waals surface area contributed by atoms with Crippen molar-refractivity contribution in [3.8, 4) is 0 Å². The minimum Gasteiger partial charge on any atom is -0.352 e. The fraction of sp³-hybridized carbons (Fsp3) is 0.333. The molecule has 0 saturated carbocycles. The summed E-state index contributed by atoms with van der Waals surface area (Å²) in [5.74, 6) is -0.160. The number of rotatable bonds is 6. The van der Waals surface area contributed by atoms with Gasteiger partial charge in [0, 0.05) is 24.2 Å². The zero-order chi connectivity index (χ0) is 18.4. The van der Waals surface area contributed by atoms with Crippen LogP contribution in [0.25, 0.3) is 0 Å². The summed E-state index contributed by atoms with van der Waals surface area (Å²) in [4.78, 5) is 24.2. The second-order valence-electron chi connectivity index (χ2n) is 6.46.